The number of nitrogens with one attached hydrogen (secondary N) is 2. The Hall–Kier alpha value is -1.96. The molecule has 0 bridgehead atoms. The van der Waals surface area contributed by atoms with E-state index >= 15 is 0 Å². The average Bonchev–Trinajstić information content (AvgIpc) is 2.80. The summed E-state index contributed by atoms with van der Waals surface area (Å²) in [7, 11) is 0. The van der Waals surface area contributed by atoms with E-state index in [1.54, 1.807) is 0 Å². The van der Waals surface area contributed by atoms with Crippen LogP contribution in [0.25, 0.3) is 6.08 Å². The van der Waals surface area contributed by atoms with Crippen LogP contribution in [0.2, 0.25) is 0 Å². The summed E-state index contributed by atoms with van der Waals surface area (Å²) in [6.07, 6.45) is 6.31. The lowest BCUT2D eigenvalue weighted by atomic mass is 10.1. The van der Waals surface area contributed by atoms with Gasteiger partial charge in [0.2, 0.25) is 0 Å². The zero-order valence-corrected chi connectivity index (χ0v) is 9.74. The predicted molar refractivity (Wildman–Crippen MR) is 70.5 cm³/mol. The fourth-order valence-electron chi connectivity index (χ4n) is 2.24. The third kappa shape index (κ3) is 2.26. The summed E-state index contributed by atoms with van der Waals surface area (Å²) in [6.45, 7) is 0.914. The highest BCUT2D eigenvalue weighted by atomic mass is 14.9. The summed E-state index contributed by atoms with van der Waals surface area (Å²) in [4.78, 5) is 3.49. The fourth-order valence-corrected chi connectivity index (χ4v) is 2.24. The van der Waals surface area contributed by atoms with Gasteiger partial charge >= 0.3 is 0 Å². The standard InChI is InChI=1S/C15H16N2/c1-2-4-12(5-3-1)6-7-14-10-13-8-9-16-11-15(13)17-14/h1-5,8-10,16-17H,6-7,11H2. The van der Waals surface area contributed by atoms with Crippen LogP contribution >= 0.6 is 0 Å². The lowest BCUT2D eigenvalue weighted by Crippen LogP contribution is -2.09. The van der Waals surface area contributed by atoms with Crippen LogP contribution < -0.4 is 5.32 Å². The summed E-state index contributed by atoms with van der Waals surface area (Å²) < 4.78 is 0. The molecule has 0 fully saturated rings. The molecule has 17 heavy (non-hydrogen) atoms. The first kappa shape index (κ1) is 10.2. The van der Waals surface area contributed by atoms with Crippen molar-refractivity contribution in [2.75, 3.05) is 0 Å². The molecular weight excluding hydrogens is 208 g/mol. The molecule has 0 atom stereocenters. The zero-order valence-electron chi connectivity index (χ0n) is 9.74. The molecule has 86 valence electrons. The number of H-pyrrole nitrogens is 1. The molecule has 0 aliphatic carbocycles. The second-order valence-electron chi connectivity index (χ2n) is 4.43. The third-order valence-electron chi connectivity index (χ3n) is 3.18. The monoisotopic (exact) mass is 224 g/mol. The molecule has 0 amide bonds. The first-order valence-corrected chi connectivity index (χ1v) is 6.06. The Morgan fingerprint density at radius 1 is 1.06 bits per heavy atom. The van der Waals surface area contributed by atoms with E-state index in [0.29, 0.717) is 0 Å². The quantitative estimate of drug-likeness (QED) is 0.824. The van der Waals surface area contributed by atoms with Crippen LogP contribution in [0.4, 0.5) is 0 Å². The van der Waals surface area contributed by atoms with E-state index in [4.69, 9.17) is 0 Å². The van der Waals surface area contributed by atoms with Crippen LogP contribution in [0.3, 0.4) is 0 Å². The maximum Gasteiger partial charge on any atom is 0.0551 e. The number of aryl methyl sites for hydroxylation is 2. The molecule has 2 N–H and O–H groups in total. The number of benzene rings is 1. The second-order valence-corrected chi connectivity index (χ2v) is 4.43. The Labute approximate surface area is 101 Å². The van der Waals surface area contributed by atoms with Crippen molar-refractivity contribution in [3.63, 3.8) is 0 Å². The second kappa shape index (κ2) is 4.50. The van der Waals surface area contributed by atoms with Gasteiger partial charge in [-0.2, -0.15) is 0 Å². The van der Waals surface area contributed by atoms with E-state index in [2.05, 4.69) is 52.8 Å². The highest BCUT2D eigenvalue weighted by Crippen LogP contribution is 2.17. The summed E-state index contributed by atoms with van der Waals surface area (Å²) >= 11 is 0. The van der Waals surface area contributed by atoms with Gasteiger partial charge in [0.15, 0.2) is 0 Å². The topological polar surface area (TPSA) is 27.8 Å². The number of fused-ring (bicyclic) bond motifs is 1. The van der Waals surface area contributed by atoms with Gasteiger partial charge in [0.25, 0.3) is 0 Å². The van der Waals surface area contributed by atoms with Crippen molar-refractivity contribution in [1.29, 1.82) is 0 Å². The first-order chi connectivity index (χ1) is 8.42. The van der Waals surface area contributed by atoms with Gasteiger partial charge in [-0.1, -0.05) is 30.3 Å². The van der Waals surface area contributed by atoms with Gasteiger partial charge in [0.05, 0.1) is 6.54 Å². The van der Waals surface area contributed by atoms with Crippen LogP contribution in [0.15, 0.2) is 42.6 Å². The van der Waals surface area contributed by atoms with Gasteiger partial charge in [-0.05, 0) is 42.3 Å². The molecular formula is C15H16N2. The van der Waals surface area contributed by atoms with Crippen molar-refractivity contribution in [1.82, 2.24) is 10.3 Å². The number of hydrogen-bond donors (Lipinski definition) is 2. The third-order valence-corrected chi connectivity index (χ3v) is 3.18. The molecule has 2 heterocycles. The molecule has 2 aromatic rings. The van der Waals surface area contributed by atoms with Crippen molar-refractivity contribution in [3.05, 3.63) is 65.1 Å². The minimum Gasteiger partial charge on any atom is -0.385 e. The fraction of sp³-hybridized carbons (Fsp3) is 0.200. The summed E-state index contributed by atoms with van der Waals surface area (Å²) in [5.74, 6) is 0. The molecule has 1 aromatic carbocycles. The smallest absolute Gasteiger partial charge is 0.0551 e. The highest BCUT2D eigenvalue weighted by Gasteiger charge is 2.08. The maximum absolute atomic E-state index is 3.49. The number of rotatable bonds is 3. The lowest BCUT2D eigenvalue weighted by molar-refractivity contribution is 0.820. The minimum absolute atomic E-state index is 0.914. The molecule has 2 heteroatoms. The molecule has 1 aliphatic heterocycles. The van der Waals surface area contributed by atoms with Gasteiger partial charge < -0.3 is 10.3 Å². The first-order valence-electron chi connectivity index (χ1n) is 6.06. The number of aromatic nitrogens is 1. The molecule has 0 unspecified atom stereocenters. The predicted octanol–water partition coefficient (Wildman–Crippen LogP) is 2.87. The normalized spacial score (nSPS) is 13.2. The molecule has 0 radical (unpaired) electrons. The van der Waals surface area contributed by atoms with Gasteiger partial charge in [0, 0.05) is 11.4 Å². The Morgan fingerprint density at radius 3 is 2.76 bits per heavy atom. The van der Waals surface area contributed by atoms with Crippen molar-refractivity contribution in [2.45, 2.75) is 19.4 Å². The molecule has 0 saturated carbocycles. The van der Waals surface area contributed by atoms with E-state index < -0.39 is 0 Å². The molecule has 2 nitrogen and oxygen atoms in total. The Balaban J connectivity index is 1.70. The molecule has 3 rings (SSSR count). The van der Waals surface area contributed by atoms with Crippen molar-refractivity contribution in [2.24, 2.45) is 0 Å². The van der Waals surface area contributed by atoms with Crippen LogP contribution in [0, 0.1) is 0 Å². The lowest BCUT2D eigenvalue weighted by Gasteiger charge is -2.05. The summed E-state index contributed by atoms with van der Waals surface area (Å²) in [5.41, 5.74) is 5.35. The zero-order chi connectivity index (χ0) is 11.5. The minimum atomic E-state index is 0.914. The van der Waals surface area contributed by atoms with Crippen molar-refractivity contribution in [3.8, 4) is 0 Å². The Morgan fingerprint density at radius 2 is 1.94 bits per heavy atom. The average molecular weight is 224 g/mol. The van der Waals surface area contributed by atoms with Crippen LogP contribution in [-0.2, 0) is 19.4 Å². The highest BCUT2D eigenvalue weighted by molar-refractivity contribution is 5.55. The van der Waals surface area contributed by atoms with E-state index in [9.17, 15) is 0 Å². The van der Waals surface area contributed by atoms with Gasteiger partial charge in [-0.25, -0.2) is 0 Å². The van der Waals surface area contributed by atoms with E-state index in [-0.39, 0.29) is 0 Å². The van der Waals surface area contributed by atoms with E-state index in [0.717, 1.165) is 19.4 Å². The van der Waals surface area contributed by atoms with Crippen molar-refractivity contribution >= 4 is 6.08 Å². The number of aromatic amines is 1. The van der Waals surface area contributed by atoms with Crippen LogP contribution in [-0.4, -0.2) is 4.98 Å². The van der Waals surface area contributed by atoms with E-state index in [1.807, 2.05) is 6.20 Å². The van der Waals surface area contributed by atoms with Gasteiger partial charge in [-0.15, -0.1) is 0 Å². The van der Waals surface area contributed by atoms with Crippen LogP contribution in [0.1, 0.15) is 22.5 Å². The Kier molecular flexibility index (Phi) is 2.70. The van der Waals surface area contributed by atoms with E-state index in [1.165, 1.54) is 22.5 Å². The SMILES string of the molecule is C1=Cc2cc(CCc3ccccc3)[nH]c2CN1. The maximum atomic E-state index is 3.49. The number of hydrogen-bond acceptors (Lipinski definition) is 1. The molecule has 0 saturated heterocycles. The molecule has 1 aliphatic rings. The summed E-state index contributed by atoms with van der Waals surface area (Å²) in [5, 5.41) is 3.22. The largest absolute Gasteiger partial charge is 0.385 e. The molecule has 0 spiro atoms. The summed E-state index contributed by atoms with van der Waals surface area (Å²) in [6, 6.07) is 12.9. The van der Waals surface area contributed by atoms with Gasteiger partial charge in [0.1, 0.15) is 0 Å². The van der Waals surface area contributed by atoms with Crippen LogP contribution in [0.5, 0.6) is 0 Å². The van der Waals surface area contributed by atoms with Crippen molar-refractivity contribution < 1.29 is 0 Å². The van der Waals surface area contributed by atoms with Gasteiger partial charge in [-0.3, -0.25) is 0 Å². The molecule has 1 aromatic heterocycles. The Bertz CT molecular complexity index is 523.